The second-order valence-electron chi connectivity index (χ2n) is 8.76. The third-order valence-electron chi connectivity index (χ3n) is 6.81. The van der Waals surface area contributed by atoms with Crippen LogP contribution >= 0.6 is 0 Å². The molecule has 1 heteroatoms. The average molecular weight is 280 g/mol. The smallest absolute Gasteiger partial charge is 0.00151 e. The Morgan fingerprint density at radius 3 is 2.35 bits per heavy atom. The van der Waals surface area contributed by atoms with Crippen LogP contribution < -0.4 is 5.32 Å². The van der Waals surface area contributed by atoms with Crippen molar-refractivity contribution in [2.75, 3.05) is 13.1 Å². The number of nitrogens with one attached hydrogen (secondary N) is 1. The van der Waals surface area contributed by atoms with Gasteiger partial charge < -0.3 is 5.32 Å². The largest absolute Gasteiger partial charge is 0.316 e. The molecule has 0 bridgehead atoms. The molecule has 1 aliphatic carbocycles. The summed E-state index contributed by atoms with van der Waals surface area (Å²) in [6.07, 6.45) is 10.2. The predicted octanol–water partition coefficient (Wildman–Crippen LogP) is 5.25. The number of hydrogen-bond acceptors (Lipinski definition) is 1. The summed E-state index contributed by atoms with van der Waals surface area (Å²) in [6, 6.07) is 0. The van der Waals surface area contributed by atoms with E-state index in [0.29, 0.717) is 10.8 Å². The third-order valence-corrected chi connectivity index (χ3v) is 6.81. The molecule has 118 valence electrons. The molecule has 1 nitrogen and oxygen atoms in total. The lowest BCUT2D eigenvalue weighted by atomic mass is 9.56. The zero-order valence-corrected chi connectivity index (χ0v) is 14.6. The number of hydrogen-bond donors (Lipinski definition) is 1. The molecule has 1 N–H and O–H groups in total. The Kier molecular flexibility index (Phi) is 5.21. The summed E-state index contributed by atoms with van der Waals surface area (Å²) in [5.41, 5.74) is 1.25. The fraction of sp³-hybridized carbons (Fsp3) is 1.00. The second kappa shape index (κ2) is 6.38. The van der Waals surface area contributed by atoms with Gasteiger partial charge in [-0.25, -0.2) is 0 Å². The van der Waals surface area contributed by atoms with Crippen molar-refractivity contribution in [3.63, 3.8) is 0 Å². The van der Waals surface area contributed by atoms with Crippen LogP contribution in [0.4, 0.5) is 0 Å². The monoisotopic (exact) mass is 279 g/mol. The van der Waals surface area contributed by atoms with E-state index in [2.05, 4.69) is 39.9 Å². The van der Waals surface area contributed by atoms with Crippen molar-refractivity contribution in [3.8, 4) is 0 Å². The first kappa shape index (κ1) is 16.3. The molecular weight excluding hydrogens is 242 g/mol. The van der Waals surface area contributed by atoms with E-state index in [9.17, 15) is 0 Å². The van der Waals surface area contributed by atoms with E-state index in [-0.39, 0.29) is 0 Å². The summed E-state index contributed by atoms with van der Waals surface area (Å²) < 4.78 is 0. The van der Waals surface area contributed by atoms with Crippen LogP contribution in [0.1, 0.15) is 79.6 Å². The highest BCUT2D eigenvalue weighted by molar-refractivity contribution is 4.97. The van der Waals surface area contributed by atoms with Gasteiger partial charge in [0, 0.05) is 0 Å². The summed E-state index contributed by atoms with van der Waals surface area (Å²) >= 11 is 0. The van der Waals surface area contributed by atoms with Crippen LogP contribution in [0.15, 0.2) is 0 Å². The van der Waals surface area contributed by atoms with Gasteiger partial charge in [-0.05, 0) is 80.2 Å². The standard InChI is InChI=1S/C19H37N/c1-6-18(4,5)16-7-9-19(10-8-16)11-12-20-14-17(19)13-15(2)3/h15-17,20H,6-14H2,1-5H3. The Labute approximate surface area is 127 Å². The highest BCUT2D eigenvalue weighted by Crippen LogP contribution is 2.53. The Bertz CT molecular complexity index is 297. The topological polar surface area (TPSA) is 12.0 Å². The molecule has 2 fully saturated rings. The molecule has 2 rings (SSSR count). The van der Waals surface area contributed by atoms with Crippen LogP contribution in [-0.4, -0.2) is 13.1 Å². The molecule has 1 unspecified atom stereocenters. The van der Waals surface area contributed by atoms with E-state index in [4.69, 9.17) is 0 Å². The minimum atomic E-state index is 0.558. The van der Waals surface area contributed by atoms with Gasteiger partial charge in [0.15, 0.2) is 0 Å². The average Bonchev–Trinajstić information content (AvgIpc) is 2.42. The van der Waals surface area contributed by atoms with Crippen molar-refractivity contribution in [1.82, 2.24) is 5.32 Å². The van der Waals surface area contributed by atoms with Gasteiger partial charge in [-0.2, -0.15) is 0 Å². The Morgan fingerprint density at radius 1 is 1.15 bits per heavy atom. The van der Waals surface area contributed by atoms with E-state index in [1.54, 1.807) is 0 Å². The molecule has 1 heterocycles. The first-order chi connectivity index (χ1) is 9.39. The molecule has 2 aliphatic rings. The summed E-state index contributed by atoms with van der Waals surface area (Å²) in [7, 11) is 0. The summed E-state index contributed by atoms with van der Waals surface area (Å²) in [4.78, 5) is 0. The van der Waals surface area contributed by atoms with E-state index < -0.39 is 0 Å². The first-order valence-electron chi connectivity index (χ1n) is 9.10. The van der Waals surface area contributed by atoms with E-state index in [0.717, 1.165) is 17.8 Å². The summed E-state index contributed by atoms with van der Waals surface area (Å²) in [5, 5.41) is 3.66. The lowest BCUT2D eigenvalue weighted by Crippen LogP contribution is -2.48. The highest BCUT2D eigenvalue weighted by atomic mass is 14.9. The molecule has 1 spiro atoms. The SMILES string of the molecule is CCC(C)(C)C1CCC2(CCNCC2CC(C)C)CC1. The fourth-order valence-electron chi connectivity index (χ4n) is 4.86. The molecule has 0 aromatic heterocycles. The van der Waals surface area contributed by atoms with Crippen molar-refractivity contribution in [2.45, 2.75) is 79.6 Å². The van der Waals surface area contributed by atoms with Gasteiger partial charge in [-0.15, -0.1) is 0 Å². The molecule has 20 heavy (non-hydrogen) atoms. The van der Waals surface area contributed by atoms with Crippen LogP contribution in [0.2, 0.25) is 0 Å². The normalized spacial score (nSPS) is 35.7. The van der Waals surface area contributed by atoms with E-state index in [1.165, 1.54) is 58.0 Å². The molecular formula is C19H37N. The molecule has 0 aromatic rings. The second-order valence-corrected chi connectivity index (χ2v) is 8.76. The summed E-state index contributed by atoms with van der Waals surface area (Å²) in [5.74, 6) is 2.75. The third kappa shape index (κ3) is 3.40. The van der Waals surface area contributed by atoms with Gasteiger partial charge in [0.25, 0.3) is 0 Å². The maximum Gasteiger partial charge on any atom is -0.00151 e. The molecule has 1 saturated heterocycles. The van der Waals surface area contributed by atoms with Crippen LogP contribution in [-0.2, 0) is 0 Å². The lowest BCUT2D eigenvalue weighted by Gasteiger charge is -2.51. The first-order valence-corrected chi connectivity index (χ1v) is 9.10. The minimum absolute atomic E-state index is 0.558. The maximum absolute atomic E-state index is 3.66. The van der Waals surface area contributed by atoms with Crippen molar-refractivity contribution in [3.05, 3.63) is 0 Å². The zero-order chi connectivity index (χ0) is 14.8. The van der Waals surface area contributed by atoms with Crippen LogP contribution in [0, 0.1) is 28.6 Å². The Hall–Kier alpha value is -0.0400. The van der Waals surface area contributed by atoms with Gasteiger partial charge in [-0.3, -0.25) is 0 Å². The Morgan fingerprint density at radius 2 is 1.80 bits per heavy atom. The van der Waals surface area contributed by atoms with Crippen LogP contribution in [0.5, 0.6) is 0 Å². The molecule has 1 saturated carbocycles. The Balaban J connectivity index is 2.01. The van der Waals surface area contributed by atoms with Crippen molar-refractivity contribution in [2.24, 2.45) is 28.6 Å². The molecule has 0 aromatic carbocycles. The predicted molar refractivity (Wildman–Crippen MR) is 88.9 cm³/mol. The molecule has 0 radical (unpaired) electrons. The quantitative estimate of drug-likeness (QED) is 0.740. The number of piperidine rings is 1. The van der Waals surface area contributed by atoms with Crippen molar-refractivity contribution >= 4 is 0 Å². The van der Waals surface area contributed by atoms with Crippen LogP contribution in [0.3, 0.4) is 0 Å². The van der Waals surface area contributed by atoms with Gasteiger partial charge in [-0.1, -0.05) is 41.0 Å². The minimum Gasteiger partial charge on any atom is -0.316 e. The summed E-state index contributed by atoms with van der Waals surface area (Å²) in [6.45, 7) is 14.7. The molecule has 0 amide bonds. The molecule has 1 atom stereocenters. The van der Waals surface area contributed by atoms with Gasteiger partial charge in [0.1, 0.15) is 0 Å². The molecule has 1 aliphatic heterocycles. The number of rotatable bonds is 4. The van der Waals surface area contributed by atoms with E-state index in [1.807, 2.05) is 0 Å². The highest BCUT2D eigenvalue weighted by Gasteiger charge is 2.45. The van der Waals surface area contributed by atoms with Gasteiger partial charge in [0.05, 0.1) is 0 Å². The maximum atomic E-state index is 3.66. The van der Waals surface area contributed by atoms with Crippen LogP contribution in [0.25, 0.3) is 0 Å². The van der Waals surface area contributed by atoms with Gasteiger partial charge in [0.2, 0.25) is 0 Å². The lowest BCUT2D eigenvalue weighted by molar-refractivity contribution is 0.00295. The van der Waals surface area contributed by atoms with E-state index >= 15 is 0 Å². The van der Waals surface area contributed by atoms with Crippen molar-refractivity contribution in [1.29, 1.82) is 0 Å². The van der Waals surface area contributed by atoms with Gasteiger partial charge >= 0.3 is 0 Å². The fourth-order valence-corrected chi connectivity index (χ4v) is 4.86. The van der Waals surface area contributed by atoms with Crippen molar-refractivity contribution < 1.29 is 0 Å². The zero-order valence-electron chi connectivity index (χ0n) is 14.6.